The van der Waals surface area contributed by atoms with Crippen molar-refractivity contribution in [2.45, 2.75) is 180 Å². The van der Waals surface area contributed by atoms with E-state index in [4.69, 9.17) is 28.9 Å². The number of fused-ring (bicyclic) bond motifs is 3. The van der Waals surface area contributed by atoms with Gasteiger partial charge in [0.25, 0.3) is 0 Å². The number of hydrogen-bond donors (Lipinski definition) is 2. The SMILES string of the molecule is C=CCO[C@@]12Oc3ccc(Oc4ccc(C)c(C)c4)cc3[C@H]3[C@H](CCCCO)[C@@H](CCCCO)C=C(C(=NOC4CCCCO4)C[C@@H]1N(Cc1cccc4ccccc14)C(=O)CCCCCCCCCCC)[C@H]32. The number of amides is 1. The second-order valence-corrected chi connectivity index (χ2v) is 21.3. The number of unbranched alkanes of at least 4 members (excludes halogenated alkanes) is 10. The molecular formula is C63H84N2O8. The highest BCUT2D eigenvalue weighted by molar-refractivity contribution is 6.03. The normalized spacial score (nSPS) is 23.8. The molecule has 2 N–H and O–H groups in total. The van der Waals surface area contributed by atoms with Crippen LogP contribution in [0.5, 0.6) is 17.2 Å². The molecule has 8 rings (SSSR count). The van der Waals surface area contributed by atoms with Crippen LogP contribution in [0.2, 0.25) is 0 Å². The van der Waals surface area contributed by atoms with Crippen molar-refractivity contribution < 1.29 is 38.8 Å². The van der Waals surface area contributed by atoms with Crippen molar-refractivity contribution in [1.82, 2.24) is 4.90 Å². The highest BCUT2D eigenvalue weighted by Gasteiger charge is 2.65. The molecule has 1 saturated heterocycles. The predicted octanol–water partition coefficient (Wildman–Crippen LogP) is 14.4. The lowest BCUT2D eigenvalue weighted by atomic mass is 9.55. The minimum atomic E-state index is -1.38. The molecule has 1 saturated carbocycles. The van der Waals surface area contributed by atoms with Gasteiger partial charge in [-0.05, 0) is 134 Å². The number of aliphatic hydroxyl groups excluding tert-OH is 2. The van der Waals surface area contributed by atoms with E-state index >= 15 is 4.79 Å². The number of aliphatic hydroxyl groups is 2. The first-order valence-electron chi connectivity index (χ1n) is 28.2. The zero-order valence-corrected chi connectivity index (χ0v) is 44.2. The number of benzene rings is 4. The van der Waals surface area contributed by atoms with Crippen LogP contribution in [0, 0.1) is 31.6 Å². The number of carbonyl (C=O) groups is 1. The number of hydrogen-bond acceptors (Lipinski definition) is 9. The molecule has 2 heterocycles. The molecule has 4 aliphatic rings. The first-order chi connectivity index (χ1) is 35.8. The monoisotopic (exact) mass is 997 g/mol. The van der Waals surface area contributed by atoms with Crippen molar-refractivity contribution in [3.8, 4) is 17.2 Å². The van der Waals surface area contributed by atoms with E-state index < -0.39 is 24.0 Å². The fourth-order valence-electron chi connectivity index (χ4n) is 12.3. The number of nitrogens with zero attached hydrogens (tertiary/aromatic N) is 2. The molecule has 73 heavy (non-hydrogen) atoms. The number of ether oxygens (including phenoxy) is 4. The van der Waals surface area contributed by atoms with Crippen molar-refractivity contribution in [1.29, 1.82) is 0 Å². The smallest absolute Gasteiger partial charge is 0.239 e. The average molecular weight is 997 g/mol. The Balaban J connectivity index is 1.29. The quantitative estimate of drug-likeness (QED) is 0.0328. The molecule has 4 aromatic rings. The molecular weight excluding hydrogens is 913 g/mol. The molecule has 0 bridgehead atoms. The molecule has 0 spiro atoms. The van der Waals surface area contributed by atoms with Crippen LogP contribution in [0.4, 0.5) is 0 Å². The molecule has 2 aliphatic heterocycles. The first-order valence-corrected chi connectivity index (χ1v) is 28.2. The van der Waals surface area contributed by atoms with Gasteiger partial charge in [-0.15, -0.1) is 6.58 Å². The maximum atomic E-state index is 15.6. The highest BCUT2D eigenvalue weighted by Crippen LogP contribution is 2.62. The molecule has 2 aliphatic carbocycles. The molecule has 394 valence electrons. The van der Waals surface area contributed by atoms with Crippen molar-refractivity contribution in [2.75, 3.05) is 26.4 Å². The fraction of sp³-hybridized carbons (Fsp3) is 0.556. The second kappa shape index (κ2) is 27.0. The summed E-state index contributed by atoms with van der Waals surface area (Å²) in [7, 11) is 0. The van der Waals surface area contributed by atoms with Crippen molar-refractivity contribution in [2.24, 2.45) is 22.9 Å². The van der Waals surface area contributed by atoms with Crippen LogP contribution in [-0.4, -0.2) is 71.3 Å². The Morgan fingerprint density at radius 1 is 0.836 bits per heavy atom. The summed E-state index contributed by atoms with van der Waals surface area (Å²) in [6.07, 6.45) is 22.4. The lowest BCUT2D eigenvalue weighted by molar-refractivity contribution is -0.258. The largest absolute Gasteiger partial charge is 0.459 e. The number of rotatable bonds is 28. The maximum Gasteiger partial charge on any atom is 0.239 e. The topological polar surface area (TPSA) is 119 Å². The summed E-state index contributed by atoms with van der Waals surface area (Å²) in [6.45, 7) is 12.0. The van der Waals surface area contributed by atoms with Crippen molar-refractivity contribution in [3.63, 3.8) is 0 Å². The van der Waals surface area contributed by atoms with Crippen LogP contribution < -0.4 is 9.47 Å². The van der Waals surface area contributed by atoms with E-state index in [2.05, 4.69) is 99.0 Å². The van der Waals surface area contributed by atoms with E-state index in [0.717, 1.165) is 109 Å². The molecule has 2 fully saturated rings. The molecule has 4 aromatic carbocycles. The summed E-state index contributed by atoms with van der Waals surface area (Å²) in [5, 5.41) is 27.6. The summed E-state index contributed by atoms with van der Waals surface area (Å²) in [4.78, 5) is 24.2. The Kier molecular flexibility index (Phi) is 20.1. The fourth-order valence-corrected chi connectivity index (χ4v) is 12.3. The van der Waals surface area contributed by atoms with Crippen molar-refractivity contribution >= 4 is 22.4 Å². The molecule has 0 aromatic heterocycles. The Labute approximate surface area is 436 Å². The lowest BCUT2D eigenvalue weighted by Gasteiger charge is -2.60. The van der Waals surface area contributed by atoms with Crippen LogP contribution >= 0.6 is 0 Å². The number of aryl methyl sites for hydroxylation is 2. The lowest BCUT2D eigenvalue weighted by Crippen LogP contribution is -2.70. The summed E-state index contributed by atoms with van der Waals surface area (Å²) in [6, 6.07) is 26.5. The van der Waals surface area contributed by atoms with E-state index in [1.807, 2.05) is 18.2 Å². The van der Waals surface area contributed by atoms with Gasteiger partial charge in [0, 0.05) is 50.5 Å². The minimum Gasteiger partial charge on any atom is -0.459 e. The van der Waals surface area contributed by atoms with Crippen LogP contribution in [0.25, 0.3) is 10.8 Å². The number of carbonyl (C=O) groups excluding carboxylic acids is 1. The van der Waals surface area contributed by atoms with Gasteiger partial charge < -0.3 is 38.9 Å². The Bertz CT molecular complexity index is 2470. The molecule has 0 radical (unpaired) electrons. The van der Waals surface area contributed by atoms with Gasteiger partial charge in [-0.3, -0.25) is 4.79 Å². The van der Waals surface area contributed by atoms with Gasteiger partial charge in [0.2, 0.25) is 18.0 Å². The van der Waals surface area contributed by atoms with Gasteiger partial charge in [-0.2, -0.15) is 0 Å². The minimum absolute atomic E-state index is 0.0611. The number of allylic oxidation sites excluding steroid dienone is 1. The molecule has 7 atom stereocenters. The van der Waals surface area contributed by atoms with E-state index in [9.17, 15) is 10.2 Å². The van der Waals surface area contributed by atoms with Gasteiger partial charge in [0.05, 0.1) is 24.8 Å². The predicted molar refractivity (Wildman–Crippen MR) is 292 cm³/mol. The van der Waals surface area contributed by atoms with Crippen LogP contribution in [-0.2, 0) is 25.7 Å². The summed E-state index contributed by atoms with van der Waals surface area (Å²) >= 11 is 0. The Morgan fingerprint density at radius 2 is 1.58 bits per heavy atom. The van der Waals surface area contributed by atoms with E-state index in [-0.39, 0.29) is 43.5 Å². The summed E-state index contributed by atoms with van der Waals surface area (Å²) in [5.74, 6) is 0.421. The maximum absolute atomic E-state index is 15.6. The van der Waals surface area contributed by atoms with E-state index in [1.54, 1.807) is 6.08 Å². The van der Waals surface area contributed by atoms with Gasteiger partial charge in [0.1, 0.15) is 23.3 Å². The number of oxime groups is 1. The van der Waals surface area contributed by atoms with Gasteiger partial charge in [-0.25, -0.2) is 0 Å². The highest BCUT2D eigenvalue weighted by atomic mass is 16.8. The van der Waals surface area contributed by atoms with Gasteiger partial charge in [-0.1, -0.05) is 137 Å². The first kappa shape index (κ1) is 54.3. The molecule has 10 nitrogen and oxygen atoms in total. The molecule has 1 amide bonds. The van der Waals surface area contributed by atoms with Crippen molar-refractivity contribution in [3.05, 3.63) is 125 Å². The third-order valence-corrected chi connectivity index (χ3v) is 16.2. The summed E-state index contributed by atoms with van der Waals surface area (Å²) in [5.41, 5.74) is 6.22. The van der Waals surface area contributed by atoms with Crippen LogP contribution in [0.1, 0.15) is 164 Å². The summed E-state index contributed by atoms with van der Waals surface area (Å²) < 4.78 is 27.9. The standard InChI is InChI=1S/C63H84N2O8/c1-5-7-8-9-10-11-12-13-14-30-59(68)65(44-49-27-23-26-47-24-15-16-28-52(47)49)58-43-56(64-73-60-31-19-22-39-69-60)54-41-48(25-17-20-36-66)53(29-18-21-37-67)61-55-42-51(71-50-33-32-45(3)46(4)40-50)34-35-57(55)72-63(58,62(54)61)70-38-6-2/h6,15-16,23-24,26-28,32-35,40-42,48,53,58,60-62,66-67H,2,5,7-14,17-22,25,29-31,36-39,43-44H2,1,3-4H3/t48-,53+,58-,60?,61+,62+,63+/m0/s1. The van der Waals surface area contributed by atoms with Crippen LogP contribution in [0.3, 0.4) is 0 Å². The van der Waals surface area contributed by atoms with E-state index in [1.165, 1.54) is 44.1 Å². The second-order valence-electron chi connectivity index (χ2n) is 21.3. The van der Waals surface area contributed by atoms with E-state index in [0.29, 0.717) is 50.3 Å². The Morgan fingerprint density at radius 3 is 2.33 bits per heavy atom. The third kappa shape index (κ3) is 13.3. The zero-order valence-electron chi connectivity index (χ0n) is 44.2. The molecule has 10 heteroatoms. The Hall–Kier alpha value is -5.00. The average Bonchev–Trinajstić information content (AvgIpc) is 3.41. The zero-order chi connectivity index (χ0) is 51.0. The third-order valence-electron chi connectivity index (χ3n) is 16.2. The van der Waals surface area contributed by atoms with Crippen LogP contribution in [0.15, 0.2) is 108 Å². The molecule has 1 unspecified atom stereocenters. The van der Waals surface area contributed by atoms with Gasteiger partial charge >= 0.3 is 0 Å². The van der Waals surface area contributed by atoms with Gasteiger partial charge in [0.15, 0.2) is 0 Å².